The Bertz CT molecular complexity index is 64.6. The van der Waals surface area contributed by atoms with Crippen molar-refractivity contribution in [2.45, 2.75) is 0 Å². The van der Waals surface area contributed by atoms with Gasteiger partial charge in [0, 0.05) is 1.34 Å². The molecule has 5 heavy (non-hydrogen) atoms. The Balaban J connectivity index is 3.26. The molecule has 0 radical (unpaired) electrons. The Kier molecular flexibility index (Phi) is 4.61. The van der Waals surface area contributed by atoms with Gasteiger partial charge in [-0.1, -0.05) is 8.02 Å². The summed E-state index contributed by atoms with van der Waals surface area (Å²) in [5.74, 6) is 0. The van der Waals surface area contributed by atoms with Gasteiger partial charge < -0.3 is 0 Å². The molecule has 0 aromatic heterocycles. The summed E-state index contributed by atoms with van der Waals surface area (Å²) >= 11 is 4.23. The van der Waals surface area contributed by atoms with E-state index >= 15 is 0 Å². The fourth-order valence-electron chi connectivity index (χ4n) is 0. The average Bonchev–Trinajstić information content (AvgIpc) is 1.36. The van der Waals surface area contributed by atoms with Crippen molar-refractivity contribution in [3.05, 3.63) is 0 Å². The monoisotopic (exact) mass is 332 g/mol. The maximum Gasteiger partial charge on any atom is 0.276 e. The Hall–Kier alpha value is 2.17. The zero-order valence-electron chi connectivity index (χ0n) is 3.24. The zero-order chi connectivity index (χ0) is 5.15. The topological polar surface area (TPSA) is 0 Å². The highest BCUT2D eigenvalue weighted by Gasteiger charge is 1.76. The molecule has 0 nitrogen and oxygen atoms in total. The van der Waals surface area contributed by atoms with Crippen LogP contribution in [0.2, 0.25) is 0 Å². The van der Waals surface area contributed by atoms with E-state index in [1.807, 2.05) is 0 Å². The van der Waals surface area contributed by atoms with E-state index in [4.69, 9.17) is 1.34 Å². The smallest absolute Gasteiger partial charge is 0.138 e. The van der Waals surface area contributed by atoms with Gasteiger partial charge in [0.15, 0.2) is 0 Å². The van der Waals surface area contributed by atoms with E-state index in [0.717, 1.165) is 0 Å². The number of hydrogen-bond acceptors (Lipinski definition) is 0. The average molecular weight is 332 g/mol. The summed E-state index contributed by atoms with van der Waals surface area (Å²) in [5, 5.41) is 0. The predicted molar refractivity (Wildman–Crippen MR) is 50.9 cm³/mol. The lowest BCUT2D eigenvalue weighted by atomic mass is 10.8. The molecular weight excluding hydrogens is 328 g/mol. The predicted octanol–water partition coefficient (Wildman–Crippen LogP) is 1.71. The first kappa shape index (κ1) is 5.31. The second-order valence-corrected chi connectivity index (χ2v) is 9.30. The summed E-state index contributed by atoms with van der Waals surface area (Å²) in [6.07, 6.45) is 0. The Morgan fingerprint density at radius 2 is 2.40 bits per heavy atom. The minimum atomic E-state index is -0.000123. The van der Waals surface area contributed by atoms with E-state index < -0.39 is 0 Å². The van der Waals surface area contributed by atoms with Gasteiger partial charge in [-0.3, -0.25) is 0 Å². The van der Waals surface area contributed by atoms with E-state index in [1.165, 1.54) is 0 Å². The highest BCUT2D eigenvalue weighted by atomic mass is 127. The third-order valence-corrected chi connectivity index (χ3v) is 7.23. The molecule has 30 valence electrons. The summed E-state index contributed by atoms with van der Waals surface area (Å²) < 4.78 is 6.98. The molecule has 0 aliphatic rings. The van der Waals surface area contributed by atoms with Gasteiger partial charge in [0.1, 0.15) is 0 Å². The van der Waals surface area contributed by atoms with E-state index in [0.29, 0.717) is 0 Å². The van der Waals surface area contributed by atoms with Crippen molar-refractivity contribution in [2.75, 3.05) is 0 Å². The molecule has 1 unspecified atom stereocenters. The maximum atomic E-state index is 6.98. The van der Waals surface area contributed by atoms with Crippen LogP contribution in [0.5, 0.6) is 0 Å². The molecule has 1 atom stereocenters. The molecule has 0 bridgehead atoms. The Morgan fingerprint density at radius 3 is 2.40 bits per heavy atom. The van der Waals surface area contributed by atoms with Crippen molar-refractivity contribution in [3.8, 4) is 0 Å². The van der Waals surface area contributed by atoms with Gasteiger partial charge in [-0.25, -0.2) is 0 Å². The van der Waals surface area contributed by atoms with Gasteiger partial charge in [0.05, 0.1) is 0 Å². The van der Waals surface area contributed by atoms with Crippen LogP contribution in [0, 0.1) is 0 Å². The Morgan fingerprint density at radius 1 is 2.20 bits per heavy atom. The summed E-state index contributed by atoms with van der Waals surface area (Å²) in [7, 11) is 3.36. The molecule has 0 rings (SSSR count). The maximum absolute atomic E-state index is 6.98. The minimum absolute atomic E-state index is 0.000123. The van der Waals surface area contributed by atoms with Crippen LogP contribution in [0.1, 0.15) is 0 Å². The first-order valence-electron chi connectivity index (χ1n) is 1.39. The molecule has 0 spiro atoms. The molecule has 5 heteroatoms. The van der Waals surface area contributed by atoms with Gasteiger partial charge in [0.2, 0.25) is 0 Å². The van der Waals surface area contributed by atoms with Gasteiger partial charge in [-0.15, -0.1) is 29.5 Å². The molecular formula is H2BI2PS. The SMILES string of the molecule is [3H]B(I)S(=P)I. The van der Waals surface area contributed by atoms with Crippen LogP contribution in [-0.2, 0) is 7.10 Å². The van der Waals surface area contributed by atoms with Crippen molar-refractivity contribution in [2.24, 2.45) is 0 Å². The highest BCUT2D eigenvalue weighted by molar-refractivity contribution is 14.2. The lowest BCUT2D eigenvalue weighted by molar-refractivity contribution is 5.11. The van der Waals surface area contributed by atoms with Gasteiger partial charge >= 0.3 is 0 Å². The van der Waals surface area contributed by atoms with E-state index in [-0.39, 0.29) is 11.5 Å². The highest BCUT2D eigenvalue weighted by Crippen LogP contribution is 2.00. The van der Waals surface area contributed by atoms with Gasteiger partial charge in [0.25, 0.3) is 4.38 Å². The van der Waals surface area contributed by atoms with E-state index in [2.05, 4.69) is 51.6 Å². The van der Waals surface area contributed by atoms with Crippen molar-refractivity contribution < 1.29 is 0 Å². The second-order valence-electron chi connectivity index (χ2n) is 0.373. The molecule has 0 aliphatic carbocycles. The second kappa shape index (κ2) is 4.34. The quantitative estimate of drug-likeness (QED) is 0.390. The molecule has 0 aromatic rings. The summed E-state index contributed by atoms with van der Waals surface area (Å²) in [5.41, 5.74) is 0. The third-order valence-electron chi connectivity index (χ3n) is 0.0782. The molecule has 0 amide bonds. The van der Waals surface area contributed by atoms with Crippen LogP contribution in [0.4, 0.5) is 0 Å². The van der Waals surface area contributed by atoms with Gasteiger partial charge in [-0.2, -0.15) is 0 Å². The molecule has 0 N–H and O–H groups in total. The van der Waals surface area contributed by atoms with Crippen LogP contribution < -0.4 is 0 Å². The van der Waals surface area contributed by atoms with Crippen LogP contribution >= 0.6 is 51.6 Å². The van der Waals surface area contributed by atoms with E-state index in [1.54, 1.807) is 0 Å². The van der Waals surface area contributed by atoms with Crippen LogP contribution in [-0.4, -0.2) is 5.71 Å². The van der Waals surface area contributed by atoms with Crippen molar-refractivity contribution in [3.63, 3.8) is 0 Å². The number of rotatable bonds is 1. The standard InChI is InChI=1S/BH2I2PS/c2-1-5(3)4/h1,4H/i1T. The summed E-state index contributed by atoms with van der Waals surface area (Å²) in [4.78, 5) is 0. The van der Waals surface area contributed by atoms with Crippen molar-refractivity contribution >= 4 is 63.1 Å². The summed E-state index contributed by atoms with van der Waals surface area (Å²) in [6.45, 7) is 0. The fraction of sp³-hybridized carbons (Fsp3) is 0. The van der Waals surface area contributed by atoms with Crippen LogP contribution in [0.3, 0.4) is 0 Å². The largest absolute Gasteiger partial charge is 0.276 e. The Labute approximate surface area is 63.6 Å². The van der Waals surface area contributed by atoms with Crippen LogP contribution in [0.15, 0.2) is 0 Å². The lowest BCUT2D eigenvalue weighted by Crippen LogP contribution is -1.68. The molecule has 0 aromatic carbocycles. The molecule has 0 saturated heterocycles. The zero-order valence-corrected chi connectivity index (χ0v) is 8.37. The number of halogens is 2. The molecule has 0 heterocycles. The molecule has 0 saturated carbocycles. The first-order chi connectivity index (χ1) is 2.64. The molecule has 0 aliphatic heterocycles. The third kappa shape index (κ3) is 6.17. The van der Waals surface area contributed by atoms with Crippen molar-refractivity contribution in [1.82, 2.24) is 0 Å². The summed E-state index contributed by atoms with van der Waals surface area (Å²) in [6, 6.07) is 0. The fourth-order valence-corrected chi connectivity index (χ4v) is 0. The van der Waals surface area contributed by atoms with Crippen LogP contribution in [0.25, 0.3) is 0 Å². The normalized spacial score (nSPS) is 16.8. The lowest BCUT2D eigenvalue weighted by Gasteiger charge is -1.74. The minimum Gasteiger partial charge on any atom is -0.138 e. The van der Waals surface area contributed by atoms with Crippen molar-refractivity contribution in [1.29, 1.82) is 1.34 Å². The van der Waals surface area contributed by atoms with E-state index in [9.17, 15) is 0 Å². The molecule has 0 fully saturated rings. The number of hydrogen-bond donors (Lipinski definition) is 0. The van der Waals surface area contributed by atoms with Gasteiger partial charge in [-0.05, 0) is 21.2 Å². The first-order valence-corrected chi connectivity index (χ1v) is 7.11.